The highest BCUT2D eigenvalue weighted by molar-refractivity contribution is 4.79. The average molecular weight is 76.1 g/mol. The standard InChI is InChI=1S/C6H4/c1-3-5-6-4-2/h1-2H2. The van der Waals surface area contributed by atoms with E-state index in [2.05, 4.69) is 36.1 Å². The Kier molecular flexibility index (Phi) is 3.13. The van der Waals surface area contributed by atoms with Gasteiger partial charge in [0, 0.05) is 0 Å². The summed E-state index contributed by atoms with van der Waals surface area (Å²) in [5.74, 6) is 0. The van der Waals surface area contributed by atoms with Crippen LogP contribution in [-0.4, -0.2) is 0 Å². The van der Waals surface area contributed by atoms with Crippen LogP contribution in [0.5, 0.6) is 0 Å². The quantitative estimate of drug-likeness (QED) is 0.383. The van der Waals surface area contributed by atoms with Gasteiger partial charge in [-0.05, 0) is 24.6 Å². The second-order valence-corrected chi connectivity index (χ2v) is 0.604. The van der Waals surface area contributed by atoms with E-state index in [1.807, 2.05) is 0 Å². The van der Waals surface area contributed by atoms with Crippen molar-refractivity contribution in [1.29, 1.82) is 0 Å². The lowest BCUT2D eigenvalue weighted by molar-refractivity contribution is 2.24. The van der Waals surface area contributed by atoms with Gasteiger partial charge in [-0.2, -0.15) is 0 Å². The predicted octanol–water partition coefficient (Wildman–Crippen LogP) is 1.42. The maximum atomic E-state index is 3.23. The molecule has 0 fully saturated rings. The van der Waals surface area contributed by atoms with Gasteiger partial charge in [0.1, 0.15) is 0 Å². The van der Waals surface area contributed by atoms with E-state index in [4.69, 9.17) is 0 Å². The van der Waals surface area contributed by atoms with Crippen molar-refractivity contribution in [3.05, 3.63) is 36.1 Å². The van der Waals surface area contributed by atoms with Crippen molar-refractivity contribution in [3.8, 4) is 0 Å². The van der Waals surface area contributed by atoms with Crippen LogP contribution in [0.2, 0.25) is 0 Å². The summed E-state index contributed by atoms with van der Waals surface area (Å²) in [5, 5.41) is 0. The van der Waals surface area contributed by atoms with Crippen molar-refractivity contribution in [3.63, 3.8) is 0 Å². The van der Waals surface area contributed by atoms with E-state index in [0.717, 1.165) is 0 Å². The number of rotatable bonds is 0. The Morgan fingerprint density at radius 3 is 1.33 bits per heavy atom. The zero-order valence-corrected chi connectivity index (χ0v) is 3.41. The fourth-order valence-corrected chi connectivity index (χ4v) is 0.0884. The van der Waals surface area contributed by atoms with Crippen LogP contribution in [0.4, 0.5) is 0 Å². The summed E-state index contributed by atoms with van der Waals surface area (Å²) in [6.07, 6.45) is 0. The molecule has 0 saturated carbocycles. The molecule has 0 spiro atoms. The van der Waals surface area contributed by atoms with Crippen molar-refractivity contribution in [2.45, 2.75) is 0 Å². The van der Waals surface area contributed by atoms with Crippen molar-refractivity contribution < 1.29 is 0 Å². The van der Waals surface area contributed by atoms with Gasteiger partial charge in [-0.1, -0.05) is 11.5 Å². The van der Waals surface area contributed by atoms with Crippen LogP contribution in [0.15, 0.2) is 36.1 Å². The minimum Gasteiger partial charge on any atom is -0.0687 e. The SMILES string of the molecule is C=C=C=C=C=C. The molecule has 0 heteroatoms. The first-order chi connectivity index (χ1) is 2.91. The van der Waals surface area contributed by atoms with E-state index < -0.39 is 0 Å². The highest BCUT2D eigenvalue weighted by Crippen LogP contribution is 1.43. The molecule has 0 atom stereocenters. The highest BCUT2D eigenvalue weighted by atomic mass is 13.3. The monoisotopic (exact) mass is 76.0 g/mol. The van der Waals surface area contributed by atoms with Crippen LogP contribution < -0.4 is 0 Å². The van der Waals surface area contributed by atoms with Crippen molar-refractivity contribution in [2.24, 2.45) is 0 Å². The summed E-state index contributed by atoms with van der Waals surface area (Å²) in [5.41, 5.74) is 9.54. The lowest BCUT2D eigenvalue weighted by Crippen LogP contribution is -1.12. The van der Waals surface area contributed by atoms with Gasteiger partial charge in [0.05, 0.1) is 0 Å². The molecule has 0 aromatic carbocycles. The molecule has 0 radical (unpaired) electrons. The Balaban J connectivity index is 4.68. The Morgan fingerprint density at radius 2 is 1.17 bits per heavy atom. The second kappa shape index (κ2) is 3.86. The van der Waals surface area contributed by atoms with E-state index in [0.29, 0.717) is 0 Å². The third kappa shape index (κ3) is 2.86. The molecular formula is C6H4. The molecule has 0 aliphatic rings. The van der Waals surface area contributed by atoms with E-state index in [-0.39, 0.29) is 0 Å². The van der Waals surface area contributed by atoms with E-state index in [9.17, 15) is 0 Å². The van der Waals surface area contributed by atoms with Gasteiger partial charge in [0.25, 0.3) is 0 Å². The van der Waals surface area contributed by atoms with Gasteiger partial charge in [-0.15, -0.1) is 0 Å². The molecule has 28 valence electrons. The molecule has 0 N–H and O–H groups in total. The molecule has 0 rings (SSSR count). The molecule has 0 aliphatic heterocycles. The Hall–Kier alpha value is -1.14. The average Bonchev–Trinajstić information content (AvgIpc) is 1.61. The normalized spacial score (nSPS) is 3.33. The zero-order valence-electron chi connectivity index (χ0n) is 3.41. The summed E-state index contributed by atoms with van der Waals surface area (Å²) in [6, 6.07) is 0. The molecule has 0 bridgehead atoms. The predicted molar refractivity (Wildman–Crippen MR) is 25.3 cm³/mol. The van der Waals surface area contributed by atoms with Gasteiger partial charge in [0.2, 0.25) is 0 Å². The molecule has 0 amide bonds. The van der Waals surface area contributed by atoms with Crippen molar-refractivity contribution in [1.82, 2.24) is 0 Å². The largest absolute Gasteiger partial charge is 0.0687 e. The van der Waals surface area contributed by atoms with Crippen LogP contribution in [0, 0.1) is 0 Å². The second-order valence-electron chi connectivity index (χ2n) is 0.604. The molecular weight excluding hydrogens is 72.1 g/mol. The molecule has 0 saturated heterocycles. The van der Waals surface area contributed by atoms with Gasteiger partial charge < -0.3 is 0 Å². The van der Waals surface area contributed by atoms with Gasteiger partial charge in [-0.3, -0.25) is 0 Å². The van der Waals surface area contributed by atoms with Crippen molar-refractivity contribution in [2.75, 3.05) is 0 Å². The number of hydrogen-bond acceptors (Lipinski definition) is 0. The van der Waals surface area contributed by atoms with E-state index in [1.54, 1.807) is 0 Å². The first-order valence-corrected chi connectivity index (χ1v) is 1.46. The third-order valence-electron chi connectivity index (χ3n) is 0.239. The van der Waals surface area contributed by atoms with Gasteiger partial charge in [-0.25, -0.2) is 0 Å². The lowest BCUT2D eigenvalue weighted by atomic mass is 10.7. The van der Waals surface area contributed by atoms with Gasteiger partial charge in [0.15, 0.2) is 0 Å². The summed E-state index contributed by atoms with van der Waals surface area (Å²) in [7, 11) is 0. The minimum atomic E-state index is 2.36. The zero-order chi connectivity index (χ0) is 4.83. The highest BCUT2D eigenvalue weighted by Gasteiger charge is 1.24. The maximum Gasteiger partial charge on any atom is -0.0108 e. The number of hydrogen-bond donors (Lipinski definition) is 0. The molecule has 0 unspecified atom stereocenters. The lowest BCUT2D eigenvalue weighted by Gasteiger charge is -1.31. The Labute approximate surface area is 37.1 Å². The van der Waals surface area contributed by atoms with E-state index >= 15 is 0 Å². The topological polar surface area (TPSA) is 0 Å². The molecule has 0 aliphatic carbocycles. The van der Waals surface area contributed by atoms with Crippen molar-refractivity contribution >= 4 is 0 Å². The summed E-state index contributed by atoms with van der Waals surface area (Å²) < 4.78 is 0. The molecule has 0 aromatic heterocycles. The summed E-state index contributed by atoms with van der Waals surface area (Å²) in [4.78, 5) is 0. The molecule has 0 aromatic rings. The van der Waals surface area contributed by atoms with Gasteiger partial charge >= 0.3 is 0 Å². The minimum absolute atomic E-state index is 2.36. The molecule has 0 nitrogen and oxygen atoms in total. The third-order valence-corrected chi connectivity index (χ3v) is 0.239. The fourth-order valence-electron chi connectivity index (χ4n) is 0.0884. The Bertz CT molecular complexity index is 132. The Morgan fingerprint density at radius 1 is 0.833 bits per heavy atom. The summed E-state index contributed by atoms with van der Waals surface area (Å²) >= 11 is 0. The van der Waals surface area contributed by atoms with Crippen LogP contribution in [-0.2, 0) is 0 Å². The molecule has 6 heavy (non-hydrogen) atoms. The molecule has 0 heterocycles. The van der Waals surface area contributed by atoms with Crippen LogP contribution in [0.3, 0.4) is 0 Å². The van der Waals surface area contributed by atoms with Crippen LogP contribution in [0.25, 0.3) is 0 Å². The fraction of sp³-hybridized carbons (Fsp3) is 0. The summed E-state index contributed by atoms with van der Waals surface area (Å²) in [6.45, 7) is 6.46. The van der Waals surface area contributed by atoms with E-state index in [1.165, 1.54) is 0 Å². The first kappa shape index (κ1) is 4.86. The van der Waals surface area contributed by atoms with Crippen LogP contribution >= 0.6 is 0 Å². The first-order valence-electron chi connectivity index (χ1n) is 1.46. The maximum absolute atomic E-state index is 3.23. The smallest absolute Gasteiger partial charge is 0.0108 e. The van der Waals surface area contributed by atoms with Crippen LogP contribution in [0.1, 0.15) is 0 Å².